The molecule has 7 nitrogen and oxygen atoms in total. The van der Waals surface area contributed by atoms with Crippen LogP contribution < -0.4 is 10.6 Å². The molecule has 5 rings (SSSR count). The van der Waals surface area contributed by atoms with Crippen molar-refractivity contribution in [3.05, 3.63) is 36.3 Å². The summed E-state index contributed by atoms with van der Waals surface area (Å²) in [7, 11) is 0. The summed E-state index contributed by atoms with van der Waals surface area (Å²) >= 11 is 0. The zero-order chi connectivity index (χ0) is 21.3. The lowest BCUT2D eigenvalue weighted by Gasteiger charge is -2.47. The number of amides is 2. The molecule has 0 aliphatic carbocycles. The Morgan fingerprint density at radius 3 is 2.67 bits per heavy atom. The van der Waals surface area contributed by atoms with Crippen LogP contribution >= 0.6 is 0 Å². The second-order valence-electron chi connectivity index (χ2n) is 10.7. The molecule has 3 fully saturated rings. The molecule has 1 spiro atoms. The average Bonchev–Trinajstić information content (AvgIpc) is 3.35. The highest BCUT2D eigenvalue weighted by atomic mass is 16.5. The molecule has 5 heterocycles. The van der Waals surface area contributed by atoms with E-state index in [2.05, 4.69) is 38.3 Å². The summed E-state index contributed by atoms with van der Waals surface area (Å²) in [5.74, 6) is -0.305. The third-order valence-corrected chi connectivity index (χ3v) is 6.94. The Morgan fingerprint density at radius 1 is 1.27 bits per heavy atom. The van der Waals surface area contributed by atoms with E-state index in [0.717, 1.165) is 18.6 Å². The number of carbonyl (C=O) groups excluding carboxylic acids is 2. The van der Waals surface area contributed by atoms with Crippen molar-refractivity contribution in [3.63, 3.8) is 0 Å². The number of likely N-dealkylation sites (tertiary alicyclic amines) is 1. The van der Waals surface area contributed by atoms with Gasteiger partial charge in [-0.15, -0.1) is 0 Å². The number of rotatable bonds is 4. The van der Waals surface area contributed by atoms with Gasteiger partial charge in [-0.2, -0.15) is 0 Å². The van der Waals surface area contributed by atoms with Gasteiger partial charge in [0.2, 0.25) is 11.8 Å². The van der Waals surface area contributed by atoms with E-state index in [4.69, 9.17) is 9.15 Å². The first kappa shape index (κ1) is 19.8. The van der Waals surface area contributed by atoms with Gasteiger partial charge in [0, 0.05) is 17.1 Å². The van der Waals surface area contributed by atoms with Crippen molar-refractivity contribution in [2.24, 2.45) is 11.8 Å². The van der Waals surface area contributed by atoms with E-state index >= 15 is 0 Å². The molecule has 4 atom stereocenters. The number of hydrogen-bond donors (Lipinski definition) is 2. The van der Waals surface area contributed by atoms with Crippen molar-refractivity contribution in [1.82, 2.24) is 15.5 Å². The van der Waals surface area contributed by atoms with Gasteiger partial charge < -0.3 is 24.7 Å². The molecule has 1 aromatic heterocycles. The molecule has 7 heteroatoms. The van der Waals surface area contributed by atoms with Gasteiger partial charge in [0.15, 0.2) is 0 Å². The first-order chi connectivity index (χ1) is 14.1. The smallest absolute Gasteiger partial charge is 0.230 e. The Morgan fingerprint density at radius 2 is 2.00 bits per heavy atom. The minimum atomic E-state index is -0.691. The van der Waals surface area contributed by atoms with E-state index < -0.39 is 17.4 Å². The molecular formula is C23H31N3O4. The molecule has 2 amide bonds. The van der Waals surface area contributed by atoms with Gasteiger partial charge in [-0.05, 0) is 52.7 Å². The highest BCUT2D eigenvalue weighted by molar-refractivity contribution is 5.93. The van der Waals surface area contributed by atoms with E-state index in [0.29, 0.717) is 13.1 Å². The summed E-state index contributed by atoms with van der Waals surface area (Å²) in [4.78, 5) is 28.4. The number of fused-ring (bicyclic) bond motifs is 1. The van der Waals surface area contributed by atoms with Crippen LogP contribution in [0.3, 0.4) is 0 Å². The first-order valence-electron chi connectivity index (χ1n) is 10.9. The number of ether oxygens (including phenoxy) is 1. The standard InChI is InChI=1S/C23H31N3O4/c1-21(2)10-14(11-22(3,4)25-21)24-19(27)17-16-7-8-23(30-16)13-26(20(28)18(17)23)12-15-6-5-9-29-15/h5-9,14,16-18,25H,10-13H2,1-4H3,(H,24,27)/t16-,17-,18-,23+/m1/s1. The lowest BCUT2D eigenvalue weighted by Crippen LogP contribution is -2.62. The predicted molar refractivity (Wildman–Crippen MR) is 110 cm³/mol. The molecule has 2 N–H and O–H groups in total. The zero-order valence-corrected chi connectivity index (χ0v) is 18.1. The summed E-state index contributed by atoms with van der Waals surface area (Å²) in [6.45, 7) is 9.52. The lowest BCUT2D eigenvalue weighted by molar-refractivity contribution is -0.138. The molecule has 1 aromatic rings. The van der Waals surface area contributed by atoms with Crippen LogP contribution in [0.15, 0.2) is 35.0 Å². The minimum absolute atomic E-state index is 0.0237. The van der Waals surface area contributed by atoms with Crippen molar-refractivity contribution in [3.8, 4) is 0 Å². The Labute approximate surface area is 177 Å². The first-order valence-corrected chi connectivity index (χ1v) is 10.9. The number of piperidine rings is 1. The Hall–Kier alpha value is -2.12. The van der Waals surface area contributed by atoms with E-state index in [9.17, 15) is 9.59 Å². The van der Waals surface area contributed by atoms with Gasteiger partial charge >= 0.3 is 0 Å². The van der Waals surface area contributed by atoms with Crippen LogP contribution in [-0.4, -0.2) is 52.1 Å². The van der Waals surface area contributed by atoms with Gasteiger partial charge in [-0.25, -0.2) is 0 Å². The molecule has 0 aromatic carbocycles. The fraction of sp³-hybridized carbons (Fsp3) is 0.652. The van der Waals surface area contributed by atoms with Gasteiger partial charge in [0.25, 0.3) is 0 Å². The van der Waals surface area contributed by atoms with E-state index in [1.165, 1.54) is 0 Å². The fourth-order valence-corrected chi connectivity index (χ4v) is 6.32. The second kappa shape index (κ2) is 6.44. The van der Waals surface area contributed by atoms with Gasteiger partial charge in [0.1, 0.15) is 11.4 Å². The normalized spacial score (nSPS) is 36.3. The van der Waals surface area contributed by atoms with E-state index in [1.807, 2.05) is 24.3 Å². The monoisotopic (exact) mass is 413 g/mol. The fourth-order valence-electron chi connectivity index (χ4n) is 6.32. The molecule has 4 aliphatic rings. The van der Waals surface area contributed by atoms with Gasteiger partial charge in [0.05, 0.1) is 37.3 Å². The van der Waals surface area contributed by atoms with E-state index in [-0.39, 0.29) is 35.0 Å². The predicted octanol–water partition coefficient (Wildman–Crippen LogP) is 1.99. The number of nitrogens with one attached hydrogen (secondary N) is 2. The van der Waals surface area contributed by atoms with Crippen molar-refractivity contribution in [2.75, 3.05) is 6.54 Å². The van der Waals surface area contributed by atoms with Gasteiger partial charge in [-0.3, -0.25) is 9.59 Å². The lowest BCUT2D eigenvalue weighted by atomic mass is 9.75. The van der Waals surface area contributed by atoms with Crippen molar-refractivity contribution >= 4 is 11.8 Å². The van der Waals surface area contributed by atoms with Crippen LogP contribution in [0, 0.1) is 11.8 Å². The van der Waals surface area contributed by atoms with Crippen LogP contribution in [0.5, 0.6) is 0 Å². The summed E-state index contributed by atoms with van der Waals surface area (Å²) in [5.41, 5.74) is -0.812. The van der Waals surface area contributed by atoms with E-state index in [1.54, 1.807) is 11.2 Å². The molecule has 30 heavy (non-hydrogen) atoms. The number of carbonyl (C=O) groups is 2. The van der Waals surface area contributed by atoms with Crippen molar-refractivity contribution in [1.29, 1.82) is 0 Å². The third kappa shape index (κ3) is 3.19. The molecule has 3 saturated heterocycles. The van der Waals surface area contributed by atoms with Crippen LogP contribution in [0.4, 0.5) is 0 Å². The molecule has 4 aliphatic heterocycles. The highest BCUT2D eigenvalue weighted by Gasteiger charge is 2.67. The Bertz CT molecular complexity index is 874. The van der Waals surface area contributed by atoms with Crippen LogP contribution in [0.25, 0.3) is 0 Å². The summed E-state index contributed by atoms with van der Waals surface area (Å²) < 4.78 is 11.6. The van der Waals surface area contributed by atoms with Crippen molar-refractivity contribution < 1.29 is 18.7 Å². The maximum Gasteiger partial charge on any atom is 0.230 e. The minimum Gasteiger partial charge on any atom is -0.467 e. The summed E-state index contributed by atoms with van der Waals surface area (Å²) in [5, 5.41) is 6.91. The Kier molecular flexibility index (Phi) is 4.25. The quantitative estimate of drug-likeness (QED) is 0.738. The topological polar surface area (TPSA) is 83.8 Å². The highest BCUT2D eigenvalue weighted by Crippen LogP contribution is 2.52. The maximum atomic E-state index is 13.4. The summed E-state index contributed by atoms with van der Waals surface area (Å²) in [6.07, 6.45) is 6.93. The molecule has 0 unspecified atom stereocenters. The van der Waals surface area contributed by atoms with Crippen LogP contribution in [0.1, 0.15) is 46.3 Å². The molecule has 2 bridgehead atoms. The van der Waals surface area contributed by atoms with Crippen LogP contribution in [-0.2, 0) is 20.9 Å². The maximum absolute atomic E-state index is 13.4. The molecule has 0 saturated carbocycles. The molecular weight excluding hydrogens is 382 g/mol. The van der Waals surface area contributed by atoms with Gasteiger partial charge in [-0.1, -0.05) is 12.2 Å². The second-order valence-corrected chi connectivity index (χ2v) is 10.7. The number of furan rings is 1. The number of nitrogens with zero attached hydrogens (tertiary/aromatic N) is 1. The van der Waals surface area contributed by atoms with Crippen LogP contribution in [0.2, 0.25) is 0 Å². The average molecular weight is 414 g/mol. The van der Waals surface area contributed by atoms with Crippen molar-refractivity contribution in [2.45, 2.75) is 75.9 Å². The molecule has 0 radical (unpaired) electrons. The third-order valence-electron chi connectivity index (χ3n) is 6.94. The Balaban J connectivity index is 1.33. The SMILES string of the molecule is CC1(C)CC(NC(=O)[C@@H]2[C@H]3C=C[C@@]4(CN(Cc5ccco5)C(=O)[C@@H]24)O3)CC(C)(C)N1. The largest absolute Gasteiger partial charge is 0.467 e. The number of hydrogen-bond acceptors (Lipinski definition) is 5. The zero-order valence-electron chi connectivity index (χ0n) is 18.1. The molecule has 162 valence electrons. The summed E-state index contributed by atoms with van der Waals surface area (Å²) in [6, 6.07) is 3.74.